The van der Waals surface area contributed by atoms with Gasteiger partial charge in [0, 0.05) is 5.41 Å². The Kier molecular flexibility index (Phi) is 14.7. The third-order valence-electron chi connectivity index (χ3n) is 5.54. The van der Waals surface area contributed by atoms with Crippen molar-refractivity contribution >= 4 is 6.47 Å². The second-order valence-electron chi connectivity index (χ2n) is 7.76. The van der Waals surface area contributed by atoms with Crippen molar-refractivity contribution in [3.63, 3.8) is 0 Å². The summed E-state index contributed by atoms with van der Waals surface area (Å²) in [5.41, 5.74) is 2.34. The number of unbranched alkanes of at least 4 members (excludes halogenated alkanes) is 5. The highest BCUT2D eigenvalue weighted by atomic mass is 16.5. The number of hydrogen-bond acceptors (Lipinski definition) is 3. The minimum absolute atomic E-state index is 0.0634. The van der Waals surface area contributed by atoms with Gasteiger partial charge in [0.25, 0.3) is 6.47 Å². The number of allylic oxidation sites excluding steroid dienone is 8. The van der Waals surface area contributed by atoms with Crippen LogP contribution in [-0.4, -0.2) is 11.6 Å². The largest absolute Gasteiger partial charge is 0.509 e. The molecule has 1 unspecified atom stereocenters. The van der Waals surface area contributed by atoms with E-state index in [1.807, 2.05) is 12.2 Å². The smallest absolute Gasteiger partial charge is 0.298 e. The fraction of sp³-hybridized carbons (Fsp3) is 0.577. The van der Waals surface area contributed by atoms with Gasteiger partial charge in [-0.1, -0.05) is 89.2 Å². The average Bonchev–Trinajstić information content (AvgIpc) is 2.69. The Bertz CT molecular complexity index is 607. The van der Waals surface area contributed by atoms with E-state index in [4.69, 9.17) is 4.74 Å². The molecule has 0 aromatic carbocycles. The van der Waals surface area contributed by atoms with E-state index in [1.165, 1.54) is 36.8 Å². The van der Waals surface area contributed by atoms with E-state index in [-0.39, 0.29) is 11.2 Å². The molecule has 0 aliphatic rings. The number of carbonyl (C=O) groups is 1. The molecule has 0 radical (unpaired) electrons. The van der Waals surface area contributed by atoms with E-state index < -0.39 is 0 Å². The second kappa shape index (κ2) is 15.8. The Morgan fingerprint density at radius 2 is 1.59 bits per heavy atom. The Hall–Kier alpha value is -2.03. The summed E-state index contributed by atoms with van der Waals surface area (Å²) in [6.45, 7) is 14.5. The highest BCUT2D eigenvalue weighted by Gasteiger charge is 2.33. The Balaban J connectivity index is 6.05. The van der Waals surface area contributed by atoms with Crippen LogP contribution in [0.3, 0.4) is 0 Å². The number of carbonyl (C=O) groups excluding carboxylic acids is 1. The topological polar surface area (TPSA) is 46.5 Å². The maximum atomic E-state index is 10.6. The summed E-state index contributed by atoms with van der Waals surface area (Å²) in [6.07, 6.45) is 20.3. The average molecular weight is 403 g/mol. The molecule has 0 saturated carbocycles. The minimum atomic E-state index is -0.110. The van der Waals surface area contributed by atoms with Crippen molar-refractivity contribution in [3.05, 3.63) is 59.6 Å². The molecule has 1 atom stereocenters. The van der Waals surface area contributed by atoms with E-state index in [1.54, 1.807) is 13.0 Å². The lowest BCUT2D eigenvalue weighted by Crippen LogP contribution is -2.25. The van der Waals surface area contributed by atoms with Crippen molar-refractivity contribution in [2.75, 3.05) is 0 Å². The Morgan fingerprint density at radius 1 is 0.966 bits per heavy atom. The van der Waals surface area contributed by atoms with Gasteiger partial charge in [-0.05, 0) is 51.3 Å². The Morgan fingerprint density at radius 3 is 2.14 bits per heavy atom. The number of aliphatic hydroxyl groups is 1. The first-order chi connectivity index (χ1) is 13.9. The van der Waals surface area contributed by atoms with E-state index in [0.29, 0.717) is 12.2 Å². The first-order valence-corrected chi connectivity index (χ1v) is 11.1. The van der Waals surface area contributed by atoms with Crippen LogP contribution < -0.4 is 0 Å². The Labute approximate surface area is 178 Å². The van der Waals surface area contributed by atoms with Gasteiger partial charge in [-0.15, -0.1) is 0 Å². The fourth-order valence-electron chi connectivity index (χ4n) is 3.78. The zero-order valence-corrected chi connectivity index (χ0v) is 19.3. The van der Waals surface area contributed by atoms with E-state index >= 15 is 0 Å². The molecular formula is C26H42O3. The SMILES string of the molecule is C=C(O)/C=C\C(=C/C)C(CCCC)(CCCCCCC)/C(C)=C/C=C(\C)OC=O. The van der Waals surface area contributed by atoms with Crippen molar-refractivity contribution < 1.29 is 14.6 Å². The van der Waals surface area contributed by atoms with Gasteiger partial charge in [0.05, 0.1) is 0 Å². The monoisotopic (exact) mass is 402 g/mol. The van der Waals surface area contributed by atoms with Gasteiger partial charge in [-0.25, -0.2) is 0 Å². The highest BCUT2D eigenvalue weighted by molar-refractivity contribution is 5.41. The van der Waals surface area contributed by atoms with Crippen LogP contribution in [0.25, 0.3) is 0 Å². The van der Waals surface area contributed by atoms with Crippen molar-refractivity contribution in [1.82, 2.24) is 0 Å². The lowest BCUT2D eigenvalue weighted by atomic mass is 9.67. The van der Waals surface area contributed by atoms with Gasteiger partial charge in [0.2, 0.25) is 0 Å². The molecule has 0 fully saturated rings. The van der Waals surface area contributed by atoms with Gasteiger partial charge < -0.3 is 9.84 Å². The van der Waals surface area contributed by atoms with Gasteiger partial charge in [-0.2, -0.15) is 0 Å². The molecule has 164 valence electrons. The maximum Gasteiger partial charge on any atom is 0.298 e. The standard InChI is InChI=1S/C26H42O3/c1-7-10-12-13-14-20-26(19-11-8-2,25(9-3)18-16-23(5)28)22(4)15-17-24(6)29-21-27/h9,15-18,21,28H,5,7-8,10-14,19-20H2,1-4,6H3/b18-16-,22-15+,24-17+,25-9+. The van der Waals surface area contributed by atoms with Crippen LogP contribution in [0.5, 0.6) is 0 Å². The molecule has 0 bridgehead atoms. The van der Waals surface area contributed by atoms with Crippen LogP contribution in [0.2, 0.25) is 0 Å². The van der Waals surface area contributed by atoms with E-state index in [0.717, 1.165) is 32.1 Å². The predicted octanol–water partition coefficient (Wildman–Crippen LogP) is 8.12. The lowest BCUT2D eigenvalue weighted by molar-refractivity contribution is -0.124. The summed E-state index contributed by atoms with van der Waals surface area (Å²) >= 11 is 0. The normalized spacial score (nSPS) is 15.4. The second-order valence-corrected chi connectivity index (χ2v) is 7.76. The quantitative estimate of drug-likeness (QED) is 0.123. The van der Waals surface area contributed by atoms with E-state index in [9.17, 15) is 9.90 Å². The highest BCUT2D eigenvalue weighted by Crippen LogP contribution is 2.46. The lowest BCUT2D eigenvalue weighted by Gasteiger charge is -2.37. The summed E-state index contributed by atoms with van der Waals surface area (Å²) in [4.78, 5) is 10.6. The molecule has 0 spiro atoms. The van der Waals surface area contributed by atoms with Crippen LogP contribution in [-0.2, 0) is 9.53 Å². The van der Waals surface area contributed by atoms with Crippen LogP contribution in [0, 0.1) is 5.41 Å². The van der Waals surface area contributed by atoms with Gasteiger partial charge in [0.15, 0.2) is 0 Å². The van der Waals surface area contributed by atoms with Crippen molar-refractivity contribution in [2.45, 2.75) is 92.4 Å². The van der Waals surface area contributed by atoms with Gasteiger partial charge in [-0.3, -0.25) is 4.79 Å². The summed E-state index contributed by atoms with van der Waals surface area (Å²) < 4.78 is 4.94. The molecule has 29 heavy (non-hydrogen) atoms. The van der Waals surface area contributed by atoms with Gasteiger partial charge in [0.1, 0.15) is 11.5 Å². The van der Waals surface area contributed by atoms with Crippen LogP contribution in [0.15, 0.2) is 59.6 Å². The van der Waals surface area contributed by atoms with Crippen LogP contribution in [0.1, 0.15) is 92.4 Å². The van der Waals surface area contributed by atoms with Crippen LogP contribution in [0.4, 0.5) is 0 Å². The zero-order chi connectivity index (χ0) is 22.1. The van der Waals surface area contributed by atoms with Crippen molar-refractivity contribution in [2.24, 2.45) is 5.41 Å². The number of rotatable bonds is 16. The third kappa shape index (κ3) is 10.3. The van der Waals surface area contributed by atoms with Crippen molar-refractivity contribution in [3.8, 4) is 0 Å². The first kappa shape index (κ1) is 27.0. The number of hydrogen-bond donors (Lipinski definition) is 1. The molecule has 0 rings (SSSR count). The summed E-state index contributed by atoms with van der Waals surface area (Å²) in [6, 6.07) is 0. The number of ether oxygens (including phenoxy) is 1. The minimum Gasteiger partial charge on any atom is -0.509 e. The molecule has 0 aromatic rings. The summed E-state index contributed by atoms with van der Waals surface area (Å²) in [5.74, 6) is 0.640. The molecule has 3 nitrogen and oxygen atoms in total. The molecule has 0 aliphatic heterocycles. The summed E-state index contributed by atoms with van der Waals surface area (Å²) in [7, 11) is 0. The number of aliphatic hydroxyl groups excluding tert-OH is 1. The molecular weight excluding hydrogens is 360 g/mol. The molecule has 0 heterocycles. The van der Waals surface area contributed by atoms with Gasteiger partial charge >= 0.3 is 0 Å². The van der Waals surface area contributed by atoms with Crippen LogP contribution >= 0.6 is 0 Å². The first-order valence-electron chi connectivity index (χ1n) is 11.1. The molecule has 0 aliphatic carbocycles. The zero-order valence-electron chi connectivity index (χ0n) is 19.3. The fourth-order valence-corrected chi connectivity index (χ4v) is 3.78. The summed E-state index contributed by atoms with van der Waals surface area (Å²) in [5, 5.41) is 9.60. The molecule has 3 heteroatoms. The van der Waals surface area contributed by atoms with E-state index in [2.05, 4.69) is 46.4 Å². The molecule has 0 saturated heterocycles. The van der Waals surface area contributed by atoms with Crippen molar-refractivity contribution in [1.29, 1.82) is 0 Å². The third-order valence-corrected chi connectivity index (χ3v) is 5.54. The maximum absolute atomic E-state index is 10.6. The molecule has 0 aromatic heterocycles. The molecule has 0 amide bonds. The predicted molar refractivity (Wildman–Crippen MR) is 125 cm³/mol. The molecule has 1 N–H and O–H groups in total.